The van der Waals surface area contributed by atoms with Crippen molar-refractivity contribution < 1.29 is 14.6 Å². The standard InChI is InChI=1S/C10H13NO3/c1-10(13,9(12)14-2)11-8-6-4-3-5-7-8/h3-7,11,13H,1-2H3. The Hall–Kier alpha value is -1.55. The van der Waals surface area contributed by atoms with Crippen molar-refractivity contribution in [2.45, 2.75) is 12.6 Å². The fourth-order valence-corrected chi connectivity index (χ4v) is 1.05. The second kappa shape index (κ2) is 4.11. The smallest absolute Gasteiger partial charge is 0.358 e. The highest BCUT2D eigenvalue weighted by atomic mass is 16.5. The number of esters is 1. The van der Waals surface area contributed by atoms with E-state index < -0.39 is 11.7 Å². The highest BCUT2D eigenvalue weighted by Gasteiger charge is 2.30. The van der Waals surface area contributed by atoms with Crippen LogP contribution in [0.2, 0.25) is 0 Å². The van der Waals surface area contributed by atoms with Gasteiger partial charge in [-0.3, -0.25) is 0 Å². The molecule has 14 heavy (non-hydrogen) atoms. The summed E-state index contributed by atoms with van der Waals surface area (Å²) in [6, 6.07) is 8.94. The summed E-state index contributed by atoms with van der Waals surface area (Å²) >= 11 is 0. The Morgan fingerprint density at radius 3 is 2.50 bits per heavy atom. The van der Waals surface area contributed by atoms with Crippen LogP contribution in [0.25, 0.3) is 0 Å². The second-order valence-electron chi connectivity index (χ2n) is 3.05. The molecule has 0 aliphatic heterocycles. The fourth-order valence-electron chi connectivity index (χ4n) is 1.05. The molecule has 1 atom stereocenters. The van der Waals surface area contributed by atoms with Gasteiger partial charge in [0.2, 0.25) is 5.72 Å². The zero-order valence-corrected chi connectivity index (χ0v) is 8.15. The third-order valence-electron chi connectivity index (χ3n) is 1.74. The summed E-state index contributed by atoms with van der Waals surface area (Å²) in [5, 5.41) is 12.3. The normalized spacial score (nSPS) is 14.2. The molecule has 0 aliphatic rings. The molecular weight excluding hydrogens is 182 g/mol. The van der Waals surface area contributed by atoms with Crippen molar-refractivity contribution in [3.8, 4) is 0 Å². The van der Waals surface area contributed by atoms with Crippen molar-refractivity contribution in [1.82, 2.24) is 0 Å². The maximum Gasteiger partial charge on any atom is 0.358 e. The average molecular weight is 195 g/mol. The molecule has 0 aliphatic carbocycles. The van der Waals surface area contributed by atoms with Gasteiger partial charge in [-0.1, -0.05) is 18.2 Å². The first-order chi connectivity index (χ1) is 6.56. The Morgan fingerprint density at radius 2 is 2.00 bits per heavy atom. The van der Waals surface area contributed by atoms with Crippen molar-refractivity contribution in [1.29, 1.82) is 0 Å². The minimum absolute atomic E-state index is 0.655. The first-order valence-corrected chi connectivity index (χ1v) is 4.20. The van der Waals surface area contributed by atoms with Crippen molar-refractivity contribution in [2.24, 2.45) is 0 Å². The highest BCUT2D eigenvalue weighted by Crippen LogP contribution is 2.13. The molecule has 0 spiro atoms. The van der Waals surface area contributed by atoms with Crippen molar-refractivity contribution in [3.05, 3.63) is 30.3 Å². The molecular formula is C10H13NO3. The van der Waals surface area contributed by atoms with Crippen molar-refractivity contribution in [2.75, 3.05) is 12.4 Å². The maximum atomic E-state index is 11.1. The third-order valence-corrected chi connectivity index (χ3v) is 1.74. The maximum absolute atomic E-state index is 11.1. The van der Waals surface area contributed by atoms with Gasteiger partial charge in [-0.15, -0.1) is 0 Å². The number of benzene rings is 1. The monoisotopic (exact) mass is 195 g/mol. The van der Waals surface area contributed by atoms with Gasteiger partial charge in [0, 0.05) is 5.69 Å². The van der Waals surface area contributed by atoms with Gasteiger partial charge in [-0.2, -0.15) is 0 Å². The van der Waals surface area contributed by atoms with Gasteiger partial charge < -0.3 is 15.2 Å². The molecule has 0 fully saturated rings. The predicted octanol–water partition coefficient (Wildman–Crippen LogP) is 0.980. The molecule has 0 saturated heterocycles. The third kappa shape index (κ3) is 2.47. The molecule has 4 nitrogen and oxygen atoms in total. The van der Waals surface area contributed by atoms with Gasteiger partial charge in [0.15, 0.2) is 0 Å². The van der Waals surface area contributed by atoms with Gasteiger partial charge in [0.1, 0.15) is 0 Å². The number of ether oxygens (including phenoxy) is 1. The highest BCUT2D eigenvalue weighted by molar-refractivity contribution is 5.81. The molecule has 0 aromatic heterocycles. The van der Waals surface area contributed by atoms with Crippen LogP contribution in [0.4, 0.5) is 5.69 Å². The molecule has 0 heterocycles. The van der Waals surface area contributed by atoms with Crippen LogP contribution >= 0.6 is 0 Å². The van der Waals surface area contributed by atoms with Crippen LogP contribution in [0.5, 0.6) is 0 Å². The van der Waals surface area contributed by atoms with Crippen LogP contribution in [0.1, 0.15) is 6.92 Å². The number of rotatable bonds is 3. The van der Waals surface area contributed by atoms with E-state index in [2.05, 4.69) is 10.1 Å². The van der Waals surface area contributed by atoms with E-state index in [4.69, 9.17) is 0 Å². The first-order valence-electron chi connectivity index (χ1n) is 4.20. The molecule has 4 heteroatoms. The summed E-state index contributed by atoms with van der Waals surface area (Å²) in [7, 11) is 1.23. The summed E-state index contributed by atoms with van der Waals surface area (Å²) in [6.45, 7) is 1.34. The number of para-hydroxylation sites is 1. The molecule has 76 valence electrons. The summed E-state index contributed by atoms with van der Waals surface area (Å²) in [5.41, 5.74) is -1.04. The zero-order chi connectivity index (χ0) is 10.6. The Labute approximate surface area is 82.5 Å². The SMILES string of the molecule is COC(=O)C(C)(O)Nc1ccccc1. The summed E-state index contributed by atoms with van der Waals surface area (Å²) in [5.74, 6) is -0.721. The summed E-state index contributed by atoms with van der Waals surface area (Å²) in [6.07, 6.45) is 0. The number of hydrogen-bond donors (Lipinski definition) is 2. The number of hydrogen-bond acceptors (Lipinski definition) is 4. The van der Waals surface area contributed by atoms with Crippen molar-refractivity contribution in [3.63, 3.8) is 0 Å². The van der Waals surface area contributed by atoms with E-state index in [1.165, 1.54) is 14.0 Å². The van der Waals surface area contributed by atoms with E-state index in [-0.39, 0.29) is 0 Å². The number of carbonyl (C=O) groups excluding carboxylic acids is 1. The van der Waals surface area contributed by atoms with Gasteiger partial charge in [-0.25, -0.2) is 4.79 Å². The average Bonchev–Trinajstić information content (AvgIpc) is 2.17. The molecule has 0 radical (unpaired) electrons. The lowest BCUT2D eigenvalue weighted by Crippen LogP contribution is -2.44. The molecule has 1 aromatic carbocycles. The molecule has 0 bridgehead atoms. The van der Waals surface area contributed by atoms with Crippen LogP contribution < -0.4 is 5.32 Å². The van der Waals surface area contributed by atoms with E-state index in [0.717, 1.165) is 0 Å². The molecule has 0 saturated carbocycles. The minimum atomic E-state index is -1.70. The van der Waals surface area contributed by atoms with E-state index in [9.17, 15) is 9.90 Å². The van der Waals surface area contributed by atoms with E-state index in [0.29, 0.717) is 5.69 Å². The van der Waals surface area contributed by atoms with E-state index in [1.54, 1.807) is 24.3 Å². The molecule has 1 aromatic rings. The lowest BCUT2D eigenvalue weighted by Gasteiger charge is -2.22. The van der Waals surface area contributed by atoms with Crippen LogP contribution in [0.15, 0.2) is 30.3 Å². The van der Waals surface area contributed by atoms with E-state index in [1.807, 2.05) is 6.07 Å². The van der Waals surface area contributed by atoms with Crippen LogP contribution in [0.3, 0.4) is 0 Å². The molecule has 1 rings (SSSR count). The largest absolute Gasteiger partial charge is 0.465 e. The lowest BCUT2D eigenvalue weighted by molar-refractivity contribution is -0.157. The van der Waals surface area contributed by atoms with Crippen LogP contribution in [-0.4, -0.2) is 23.9 Å². The quantitative estimate of drug-likeness (QED) is 0.557. The second-order valence-corrected chi connectivity index (χ2v) is 3.05. The minimum Gasteiger partial charge on any atom is -0.465 e. The Morgan fingerprint density at radius 1 is 1.43 bits per heavy atom. The number of nitrogens with one attached hydrogen (secondary N) is 1. The molecule has 0 amide bonds. The predicted molar refractivity (Wildman–Crippen MR) is 52.7 cm³/mol. The Kier molecular flexibility index (Phi) is 3.09. The summed E-state index contributed by atoms with van der Waals surface area (Å²) < 4.78 is 4.44. The topological polar surface area (TPSA) is 58.6 Å². The Balaban J connectivity index is 2.73. The molecule has 2 N–H and O–H groups in total. The van der Waals surface area contributed by atoms with Gasteiger partial charge in [-0.05, 0) is 19.1 Å². The van der Waals surface area contributed by atoms with Crippen LogP contribution in [0, 0.1) is 0 Å². The zero-order valence-electron chi connectivity index (χ0n) is 8.15. The fraction of sp³-hybridized carbons (Fsp3) is 0.300. The number of methoxy groups -OCH3 is 1. The number of aliphatic hydroxyl groups is 1. The Bertz CT molecular complexity index is 308. The van der Waals surface area contributed by atoms with Gasteiger partial charge >= 0.3 is 5.97 Å². The first kappa shape index (κ1) is 10.5. The lowest BCUT2D eigenvalue weighted by atomic mass is 10.2. The molecule has 1 unspecified atom stereocenters. The van der Waals surface area contributed by atoms with E-state index >= 15 is 0 Å². The van der Waals surface area contributed by atoms with Crippen molar-refractivity contribution >= 4 is 11.7 Å². The summed E-state index contributed by atoms with van der Waals surface area (Å²) in [4.78, 5) is 11.1. The number of anilines is 1. The number of carbonyl (C=O) groups is 1. The van der Waals surface area contributed by atoms with Gasteiger partial charge in [0.25, 0.3) is 0 Å². The van der Waals surface area contributed by atoms with Gasteiger partial charge in [0.05, 0.1) is 7.11 Å². The van der Waals surface area contributed by atoms with Crippen LogP contribution in [-0.2, 0) is 9.53 Å².